The minimum absolute atomic E-state index is 0.797. The summed E-state index contributed by atoms with van der Waals surface area (Å²) in [5.41, 5.74) is 11.4. The van der Waals surface area contributed by atoms with Crippen LogP contribution >= 0.6 is 22.9 Å². The van der Waals surface area contributed by atoms with E-state index in [1.54, 1.807) is 11.3 Å². The van der Waals surface area contributed by atoms with Crippen molar-refractivity contribution in [3.05, 3.63) is 68.5 Å². The molecule has 0 radical (unpaired) electrons. The number of rotatable bonds is 2. The van der Waals surface area contributed by atoms with Gasteiger partial charge in [-0.25, -0.2) is 4.98 Å². The minimum atomic E-state index is 0.797. The number of fused-ring (bicyclic) bond motifs is 3. The Balaban J connectivity index is 1.65. The van der Waals surface area contributed by atoms with Crippen molar-refractivity contribution in [2.24, 2.45) is 0 Å². The van der Waals surface area contributed by atoms with Crippen LogP contribution in [0.5, 0.6) is 0 Å². The maximum Gasteiger partial charge on any atom is 0.0979 e. The van der Waals surface area contributed by atoms with E-state index in [-0.39, 0.29) is 0 Å². The van der Waals surface area contributed by atoms with E-state index in [2.05, 4.69) is 18.2 Å². The standard InChI is InChI=1S/C17H13ClN2S/c18-12-3-6-14-11(8-12)9-15-17(14)20-16(21-15)7-10-1-4-13(19)5-2-10/h1-6,8H,7,9,19H2. The number of hydrogen-bond acceptors (Lipinski definition) is 3. The van der Waals surface area contributed by atoms with E-state index in [0.29, 0.717) is 0 Å². The van der Waals surface area contributed by atoms with E-state index in [0.717, 1.165) is 34.3 Å². The summed E-state index contributed by atoms with van der Waals surface area (Å²) >= 11 is 7.86. The maximum absolute atomic E-state index is 6.06. The lowest BCUT2D eigenvalue weighted by Gasteiger charge is -2.01. The zero-order chi connectivity index (χ0) is 14.4. The number of aromatic nitrogens is 1. The van der Waals surface area contributed by atoms with E-state index in [4.69, 9.17) is 22.3 Å². The average Bonchev–Trinajstić information content (AvgIpc) is 2.97. The van der Waals surface area contributed by atoms with E-state index in [1.807, 2.05) is 24.3 Å². The number of halogens is 1. The van der Waals surface area contributed by atoms with Crippen molar-refractivity contribution in [2.75, 3.05) is 5.73 Å². The molecule has 0 saturated carbocycles. The molecule has 2 nitrogen and oxygen atoms in total. The van der Waals surface area contributed by atoms with Gasteiger partial charge >= 0.3 is 0 Å². The second kappa shape index (κ2) is 4.86. The van der Waals surface area contributed by atoms with Gasteiger partial charge in [-0.15, -0.1) is 11.3 Å². The molecular formula is C17H13ClN2S. The van der Waals surface area contributed by atoms with Crippen LogP contribution in [0.25, 0.3) is 11.3 Å². The van der Waals surface area contributed by atoms with Crippen LogP contribution in [0.4, 0.5) is 5.69 Å². The van der Waals surface area contributed by atoms with Crippen LogP contribution in [-0.4, -0.2) is 4.98 Å². The Hall–Kier alpha value is -1.84. The smallest absolute Gasteiger partial charge is 0.0979 e. The van der Waals surface area contributed by atoms with Crippen molar-refractivity contribution in [3.8, 4) is 11.3 Å². The molecule has 2 aromatic carbocycles. The van der Waals surface area contributed by atoms with Crippen LogP contribution < -0.4 is 5.73 Å². The zero-order valence-electron chi connectivity index (χ0n) is 11.3. The van der Waals surface area contributed by atoms with E-state index in [9.17, 15) is 0 Å². The normalized spacial score (nSPS) is 12.2. The predicted molar refractivity (Wildman–Crippen MR) is 89.0 cm³/mol. The molecule has 1 heterocycles. The number of benzene rings is 2. The minimum Gasteiger partial charge on any atom is -0.399 e. The lowest BCUT2D eigenvalue weighted by Crippen LogP contribution is -1.90. The second-order valence-electron chi connectivity index (χ2n) is 5.28. The van der Waals surface area contributed by atoms with Crippen molar-refractivity contribution in [1.82, 2.24) is 4.98 Å². The Labute approximate surface area is 132 Å². The number of hydrogen-bond donors (Lipinski definition) is 1. The Kier molecular flexibility index (Phi) is 2.98. The van der Waals surface area contributed by atoms with Crippen LogP contribution in [-0.2, 0) is 12.8 Å². The highest BCUT2D eigenvalue weighted by Crippen LogP contribution is 2.40. The molecule has 104 valence electrons. The molecule has 0 spiro atoms. The topological polar surface area (TPSA) is 38.9 Å². The van der Waals surface area contributed by atoms with Gasteiger partial charge in [-0.1, -0.05) is 29.8 Å². The van der Waals surface area contributed by atoms with E-state index >= 15 is 0 Å². The highest BCUT2D eigenvalue weighted by Gasteiger charge is 2.23. The average molecular weight is 313 g/mol. The van der Waals surface area contributed by atoms with Crippen LogP contribution in [0.2, 0.25) is 5.02 Å². The van der Waals surface area contributed by atoms with Gasteiger partial charge in [0.05, 0.1) is 10.7 Å². The van der Waals surface area contributed by atoms with Crippen molar-refractivity contribution in [2.45, 2.75) is 12.8 Å². The second-order valence-corrected chi connectivity index (χ2v) is 6.88. The summed E-state index contributed by atoms with van der Waals surface area (Å²) in [4.78, 5) is 6.17. The summed E-state index contributed by atoms with van der Waals surface area (Å²) in [5.74, 6) is 0. The van der Waals surface area contributed by atoms with Gasteiger partial charge in [-0.05, 0) is 35.4 Å². The zero-order valence-corrected chi connectivity index (χ0v) is 12.8. The van der Waals surface area contributed by atoms with Gasteiger partial charge in [-0.2, -0.15) is 0 Å². The first-order valence-corrected chi connectivity index (χ1v) is 8.00. The third-order valence-electron chi connectivity index (χ3n) is 3.75. The van der Waals surface area contributed by atoms with Crippen molar-refractivity contribution >= 4 is 28.6 Å². The number of thiazole rings is 1. The monoisotopic (exact) mass is 312 g/mol. The summed E-state index contributed by atoms with van der Waals surface area (Å²) in [6.07, 6.45) is 1.81. The Morgan fingerprint density at radius 1 is 1.14 bits per heavy atom. The predicted octanol–water partition coefficient (Wildman–Crippen LogP) is 4.54. The van der Waals surface area contributed by atoms with Crippen LogP contribution in [0.15, 0.2) is 42.5 Å². The first-order valence-electron chi connectivity index (χ1n) is 6.81. The summed E-state index contributed by atoms with van der Waals surface area (Å²) in [6, 6.07) is 14.1. The molecule has 21 heavy (non-hydrogen) atoms. The number of nitrogen functional groups attached to an aromatic ring is 1. The SMILES string of the molecule is Nc1ccc(Cc2nc3c(s2)Cc2cc(Cl)ccc2-3)cc1. The van der Waals surface area contributed by atoms with Crippen LogP contribution in [0, 0.1) is 0 Å². The van der Waals surface area contributed by atoms with Gasteiger partial charge in [-0.3, -0.25) is 0 Å². The quantitative estimate of drug-likeness (QED) is 0.552. The fourth-order valence-corrected chi connectivity index (χ4v) is 4.06. The lowest BCUT2D eigenvalue weighted by atomic mass is 10.1. The third kappa shape index (κ3) is 2.33. The van der Waals surface area contributed by atoms with Gasteiger partial charge < -0.3 is 5.73 Å². The maximum atomic E-state index is 6.06. The van der Waals surface area contributed by atoms with Crippen LogP contribution in [0.1, 0.15) is 21.0 Å². The van der Waals surface area contributed by atoms with Crippen LogP contribution in [0.3, 0.4) is 0 Å². The highest BCUT2D eigenvalue weighted by molar-refractivity contribution is 7.12. The summed E-state index contributed by atoms with van der Waals surface area (Å²) in [6.45, 7) is 0. The van der Waals surface area contributed by atoms with Gasteiger partial charge in [0.2, 0.25) is 0 Å². The molecule has 0 bridgehead atoms. The van der Waals surface area contributed by atoms with Crippen molar-refractivity contribution in [1.29, 1.82) is 0 Å². The van der Waals surface area contributed by atoms with Gasteiger partial charge in [0.25, 0.3) is 0 Å². The van der Waals surface area contributed by atoms with Crippen molar-refractivity contribution in [3.63, 3.8) is 0 Å². The number of anilines is 1. The molecule has 0 aliphatic heterocycles. The largest absolute Gasteiger partial charge is 0.399 e. The molecule has 2 N–H and O–H groups in total. The van der Waals surface area contributed by atoms with E-state index < -0.39 is 0 Å². The molecule has 0 fully saturated rings. The molecule has 4 rings (SSSR count). The summed E-state index contributed by atoms with van der Waals surface area (Å²) < 4.78 is 0. The lowest BCUT2D eigenvalue weighted by molar-refractivity contribution is 1.14. The molecule has 1 aliphatic rings. The molecule has 1 aromatic heterocycles. The van der Waals surface area contributed by atoms with Gasteiger partial charge in [0.1, 0.15) is 0 Å². The fraction of sp³-hybridized carbons (Fsp3) is 0.118. The van der Waals surface area contributed by atoms with E-state index in [1.165, 1.54) is 21.6 Å². The molecule has 0 saturated heterocycles. The van der Waals surface area contributed by atoms with Gasteiger partial charge in [0, 0.05) is 34.0 Å². The molecular weight excluding hydrogens is 300 g/mol. The highest BCUT2D eigenvalue weighted by atomic mass is 35.5. The molecule has 0 atom stereocenters. The third-order valence-corrected chi connectivity index (χ3v) is 5.04. The Morgan fingerprint density at radius 2 is 1.95 bits per heavy atom. The molecule has 0 amide bonds. The number of nitrogens with two attached hydrogens (primary N) is 1. The number of nitrogens with zero attached hydrogens (tertiary/aromatic N) is 1. The first kappa shape index (κ1) is 12.9. The first-order chi connectivity index (χ1) is 10.2. The van der Waals surface area contributed by atoms with Gasteiger partial charge in [0.15, 0.2) is 0 Å². The summed E-state index contributed by atoms with van der Waals surface area (Å²) in [5, 5.41) is 1.95. The Morgan fingerprint density at radius 3 is 2.76 bits per heavy atom. The Bertz CT molecular complexity index is 821. The molecule has 4 heteroatoms. The van der Waals surface area contributed by atoms with Crippen molar-refractivity contribution < 1.29 is 0 Å². The molecule has 1 aliphatic carbocycles. The summed E-state index contributed by atoms with van der Waals surface area (Å²) in [7, 11) is 0. The molecule has 0 unspecified atom stereocenters. The fourth-order valence-electron chi connectivity index (χ4n) is 2.73. The molecule has 3 aromatic rings.